The van der Waals surface area contributed by atoms with Gasteiger partial charge in [0.05, 0.1) is 12.2 Å². The molecule has 8 nitrogen and oxygen atoms in total. The summed E-state index contributed by atoms with van der Waals surface area (Å²) in [5.74, 6) is -0.918. The Hall–Kier alpha value is -2.83. The second-order valence-electron chi connectivity index (χ2n) is 6.78. The zero-order valence-corrected chi connectivity index (χ0v) is 18.1. The van der Waals surface area contributed by atoms with Gasteiger partial charge in [-0.2, -0.15) is 13.2 Å². The molecule has 0 aromatic heterocycles. The van der Waals surface area contributed by atoms with Gasteiger partial charge in [0, 0.05) is 23.5 Å². The fourth-order valence-electron chi connectivity index (χ4n) is 2.68. The molecule has 176 valence electrons. The fraction of sp³-hybridized carbons (Fsp3) is 0.350. The quantitative estimate of drug-likeness (QED) is 0.441. The van der Waals surface area contributed by atoms with Crippen LogP contribution in [0.1, 0.15) is 25.8 Å². The number of anilines is 2. The Morgan fingerprint density at radius 2 is 1.84 bits per heavy atom. The van der Waals surface area contributed by atoms with E-state index in [1.54, 1.807) is 13.8 Å². The molecule has 0 heterocycles. The normalized spacial score (nSPS) is 13.8. The van der Waals surface area contributed by atoms with Gasteiger partial charge in [0.25, 0.3) is 15.9 Å². The van der Waals surface area contributed by atoms with E-state index in [2.05, 4.69) is 10.0 Å². The van der Waals surface area contributed by atoms with Crippen LogP contribution in [0.15, 0.2) is 47.4 Å². The minimum atomic E-state index is -4.64. The summed E-state index contributed by atoms with van der Waals surface area (Å²) in [5.41, 5.74) is 4.49. The van der Waals surface area contributed by atoms with Gasteiger partial charge in [0.2, 0.25) is 0 Å². The van der Waals surface area contributed by atoms with E-state index in [9.17, 15) is 31.5 Å². The van der Waals surface area contributed by atoms with Crippen molar-refractivity contribution in [2.24, 2.45) is 5.73 Å². The molecule has 2 rings (SSSR count). The van der Waals surface area contributed by atoms with E-state index in [-0.39, 0.29) is 28.6 Å². The highest BCUT2D eigenvalue weighted by atomic mass is 32.2. The summed E-state index contributed by atoms with van der Waals surface area (Å²) < 4.78 is 71.8. The van der Waals surface area contributed by atoms with Gasteiger partial charge in [-0.25, -0.2) is 8.42 Å². The number of nitrogens with one attached hydrogen (secondary N) is 2. The molecule has 5 N–H and O–H groups in total. The van der Waals surface area contributed by atoms with E-state index in [0.717, 1.165) is 18.2 Å². The Morgan fingerprint density at radius 3 is 2.44 bits per heavy atom. The highest BCUT2D eigenvalue weighted by Crippen LogP contribution is 2.33. The number of halogens is 3. The van der Waals surface area contributed by atoms with E-state index >= 15 is 0 Å². The lowest BCUT2D eigenvalue weighted by Crippen LogP contribution is -2.42. The smallest absolute Gasteiger partial charge is 0.416 e. The van der Waals surface area contributed by atoms with E-state index in [0.29, 0.717) is 12.5 Å². The third-order valence-electron chi connectivity index (χ3n) is 4.39. The molecule has 32 heavy (non-hydrogen) atoms. The number of carbonyl (C=O) groups excluding carboxylic acids is 1. The van der Waals surface area contributed by atoms with Gasteiger partial charge >= 0.3 is 6.18 Å². The zero-order chi connectivity index (χ0) is 24.1. The standard InChI is InChI=1S/C20H24F3N3O5S/c1-3-15(24)18(27)19(28)25-13-8-9-17(16(11-13)31-4-2)32(29,30)26-14-7-5-6-12(10-14)20(21,22)23/h5-11,15,18,26-27H,3-4,24H2,1-2H3,(H,25,28)/t15-,18-/m0/s1. The number of rotatable bonds is 9. The summed E-state index contributed by atoms with van der Waals surface area (Å²) in [6, 6.07) is 6.58. The molecule has 2 atom stereocenters. The topological polar surface area (TPSA) is 131 Å². The number of alkyl halides is 3. The van der Waals surface area contributed by atoms with Crippen LogP contribution in [0.5, 0.6) is 5.75 Å². The second kappa shape index (κ2) is 10.2. The molecule has 0 spiro atoms. The van der Waals surface area contributed by atoms with Crippen molar-refractivity contribution in [2.75, 3.05) is 16.6 Å². The van der Waals surface area contributed by atoms with Crippen molar-refractivity contribution in [1.29, 1.82) is 0 Å². The molecule has 0 fully saturated rings. The predicted molar refractivity (Wildman–Crippen MR) is 113 cm³/mol. The Balaban J connectivity index is 2.33. The van der Waals surface area contributed by atoms with Gasteiger partial charge in [-0.05, 0) is 43.7 Å². The van der Waals surface area contributed by atoms with Crippen LogP contribution in [-0.4, -0.2) is 38.2 Å². The van der Waals surface area contributed by atoms with E-state index < -0.39 is 39.8 Å². The summed E-state index contributed by atoms with van der Waals surface area (Å²) >= 11 is 0. The van der Waals surface area contributed by atoms with Crippen LogP contribution in [0, 0.1) is 0 Å². The van der Waals surface area contributed by atoms with Crippen LogP contribution in [0.2, 0.25) is 0 Å². The fourth-order valence-corrected chi connectivity index (χ4v) is 3.86. The molecule has 12 heteroatoms. The first kappa shape index (κ1) is 25.4. The SMILES string of the molecule is CCOc1cc(NC(=O)[C@@H](O)[C@@H](N)CC)ccc1S(=O)(=O)Nc1cccc(C(F)(F)F)c1. The lowest BCUT2D eigenvalue weighted by atomic mass is 10.1. The van der Waals surface area contributed by atoms with E-state index in [1.807, 2.05) is 0 Å². The van der Waals surface area contributed by atoms with Crippen LogP contribution >= 0.6 is 0 Å². The number of benzene rings is 2. The third kappa shape index (κ3) is 6.34. The first-order valence-electron chi connectivity index (χ1n) is 9.60. The first-order valence-corrected chi connectivity index (χ1v) is 11.1. The molecule has 0 saturated carbocycles. The second-order valence-corrected chi connectivity index (χ2v) is 8.44. The number of aliphatic hydroxyl groups is 1. The maximum absolute atomic E-state index is 12.9. The van der Waals surface area contributed by atoms with E-state index in [4.69, 9.17) is 10.5 Å². The Kier molecular flexibility index (Phi) is 8.10. The zero-order valence-electron chi connectivity index (χ0n) is 17.3. The number of ether oxygens (including phenoxy) is 1. The van der Waals surface area contributed by atoms with E-state index in [1.165, 1.54) is 18.2 Å². The van der Waals surface area contributed by atoms with Crippen LogP contribution in [0.4, 0.5) is 24.5 Å². The maximum atomic E-state index is 12.9. The number of hydrogen-bond acceptors (Lipinski definition) is 6. The van der Waals surface area contributed by atoms with Crippen LogP contribution < -0.4 is 20.5 Å². The van der Waals surface area contributed by atoms with Gasteiger partial charge in [0.15, 0.2) is 0 Å². The highest BCUT2D eigenvalue weighted by molar-refractivity contribution is 7.92. The molecule has 0 aliphatic carbocycles. The minimum Gasteiger partial charge on any atom is -0.492 e. The Morgan fingerprint density at radius 1 is 1.16 bits per heavy atom. The molecule has 0 saturated heterocycles. The van der Waals surface area contributed by atoms with Crippen molar-refractivity contribution in [3.8, 4) is 5.75 Å². The van der Waals surface area contributed by atoms with Crippen LogP contribution in [0.3, 0.4) is 0 Å². The summed E-state index contributed by atoms with van der Waals surface area (Å²) in [6.07, 6.45) is -5.75. The van der Waals surface area contributed by atoms with Gasteiger partial charge in [-0.3, -0.25) is 9.52 Å². The van der Waals surface area contributed by atoms with Crippen LogP contribution in [0.25, 0.3) is 0 Å². The molecule has 1 amide bonds. The van der Waals surface area contributed by atoms with Crippen LogP contribution in [-0.2, 0) is 21.0 Å². The predicted octanol–water partition coefficient (Wildman–Crippen LogP) is 2.94. The van der Waals surface area contributed by atoms with Gasteiger partial charge in [-0.1, -0.05) is 13.0 Å². The summed E-state index contributed by atoms with van der Waals surface area (Å²) in [7, 11) is -4.33. The molecule has 0 unspecified atom stereocenters. The molecule has 0 radical (unpaired) electrons. The van der Waals surface area contributed by atoms with Gasteiger partial charge in [0.1, 0.15) is 16.7 Å². The lowest BCUT2D eigenvalue weighted by molar-refractivity contribution is -0.137. The third-order valence-corrected chi connectivity index (χ3v) is 5.81. The molecule has 2 aromatic rings. The largest absolute Gasteiger partial charge is 0.492 e. The van der Waals surface area contributed by atoms with Crippen molar-refractivity contribution in [3.05, 3.63) is 48.0 Å². The van der Waals surface area contributed by atoms with Crippen molar-refractivity contribution in [1.82, 2.24) is 0 Å². The number of sulfonamides is 1. The number of hydrogen-bond donors (Lipinski definition) is 4. The Bertz CT molecular complexity index is 1060. The highest BCUT2D eigenvalue weighted by Gasteiger charge is 2.31. The molecule has 0 aliphatic heterocycles. The molecule has 0 aliphatic rings. The molecule has 0 bridgehead atoms. The summed E-state index contributed by atoms with van der Waals surface area (Å²) in [6.45, 7) is 3.38. The van der Waals surface area contributed by atoms with Crippen molar-refractivity contribution in [2.45, 2.75) is 43.5 Å². The van der Waals surface area contributed by atoms with Crippen molar-refractivity contribution in [3.63, 3.8) is 0 Å². The molecule has 2 aromatic carbocycles. The number of aliphatic hydroxyl groups excluding tert-OH is 1. The maximum Gasteiger partial charge on any atom is 0.416 e. The summed E-state index contributed by atoms with van der Waals surface area (Å²) in [5, 5.41) is 12.3. The van der Waals surface area contributed by atoms with Crippen molar-refractivity contribution < 1.29 is 36.2 Å². The summed E-state index contributed by atoms with van der Waals surface area (Å²) in [4.78, 5) is 11.8. The monoisotopic (exact) mass is 475 g/mol. The number of carbonyl (C=O) groups is 1. The molecular weight excluding hydrogens is 451 g/mol. The Labute approximate surface area is 183 Å². The number of nitrogens with two attached hydrogens (primary N) is 1. The molecular formula is C20H24F3N3O5S. The lowest BCUT2D eigenvalue weighted by Gasteiger charge is -2.18. The average Bonchev–Trinajstić information content (AvgIpc) is 2.72. The van der Waals surface area contributed by atoms with Crippen molar-refractivity contribution >= 4 is 27.3 Å². The number of amides is 1. The average molecular weight is 475 g/mol. The van der Waals surface area contributed by atoms with Gasteiger partial charge in [-0.15, -0.1) is 0 Å². The first-order chi connectivity index (χ1) is 14.9. The minimum absolute atomic E-state index is 0.0762. The van der Waals surface area contributed by atoms with Gasteiger partial charge < -0.3 is 20.9 Å².